The van der Waals surface area contributed by atoms with Crippen LogP contribution in [0.4, 0.5) is 10.1 Å². The number of hydrogen-bond donors (Lipinski definition) is 1. The topological polar surface area (TPSA) is 58.4 Å². The molecule has 0 aliphatic carbocycles. The van der Waals surface area contributed by atoms with Gasteiger partial charge in [-0.3, -0.25) is 4.79 Å². The number of benzene rings is 1. The molecule has 1 unspecified atom stereocenters. The number of nitrogens with one attached hydrogen (secondary N) is 1. The lowest BCUT2D eigenvalue weighted by Gasteiger charge is -2.19. The lowest BCUT2D eigenvalue weighted by atomic mass is 10.1. The molecule has 0 radical (unpaired) electrons. The molecule has 5 nitrogen and oxygen atoms in total. The van der Waals surface area contributed by atoms with E-state index in [4.69, 9.17) is 4.52 Å². The Labute approximate surface area is 147 Å². The number of amides is 1. The summed E-state index contributed by atoms with van der Waals surface area (Å²) < 4.78 is 19.0. The van der Waals surface area contributed by atoms with Crippen LogP contribution in [0, 0.1) is 17.7 Å². The first kappa shape index (κ1) is 17.5. The Morgan fingerprint density at radius 1 is 1.44 bits per heavy atom. The first-order chi connectivity index (χ1) is 12.0. The predicted molar refractivity (Wildman–Crippen MR) is 94.1 cm³/mol. The van der Waals surface area contributed by atoms with E-state index >= 15 is 0 Å². The van der Waals surface area contributed by atoms with Gasteiger partial charge in [0.1, 0.15) is 5.82 Å². The van der Waals surface area contributed by atoms with Crippen LogP contribution in [-0.4, -0.2) is 30.7 Å². The quantitative estimate of drug-likeness (QED) is 0.873. The van der Waals surface area contributed by atoms with E-state index in [1.54, 1.807) is 18.2 Å². The summed E-state index contributed by atoms with van der Waals surface area (Å²) in [7, 11) is 0. The number of halogens is 1. The molecular formula is C19H24FN3O2. The normalized spacial score (nSPS) is 17.3. The third kappa shape index (κ3) is 4.38. The lowest BCUT2D eigenvalue weighted by molar-refractivity contribution is 0.0911. The van der Waals surface area contributed by atoms with Gasteiger partial charge in [0.2, 0.25) is 5.76 Å². The van der Waals surface area contributed by atoms with Crippen LogP contribution in [0.5, 0.6) is 0 Å². The molecule has 1 aromatic heterocycles. The second kappa shape index (κ2) is 7.68. The Morgan fingerprint density at radius 3 is 3.00 bits per heavy atom. The molecule has 25 heavy (non-hydrogen) atoms. The Bertz CT molecular complexity index is 729. The number of nitrogens with zero attached hydrogens (tertiary/aromatic N) is 2. The summed E-state index contributed by atoms with van der Waals surface area (Å²) in [6, 6.07) is 8.50. The van der Waals surface area contributed by atoms with Crippen LogP contribution in [0.1, 0.15) is 36.5 Å². The smallest absolute Gasteiger partial charge is 0.289 e. The lowest BCUT2D eigenvalue weighted by Crippen LogP contribution is -2.31. The number of carbonyl (C=O) groups excluding carboxylic acids is 1. The van der Waals surface area contributed by atoms with Crippen molar-refractivity contribution in [3.63, 3.8) is 0 Å². The van der Waals surface area contributed by atoms with E-state index in [1.165, 1.54) is 6.07 Å². The van der Waals surface area contributed by atoms with Crippen molar-refractivity contribution >= 4 is 11.6 Å². The second-order valence-corrected chi connectivity index (χ2v) is 7.04. The van der Waals surface area contributed by atoms with E-state index < -0.39 is 0 Å². The highest BCUT2D eigenvalue weighted by Crippen LogP contribution is 2.25. The first-order valence-corrected chi connectivity index (χ1v) is 8.76. The molecule has 134 valence electrons. The Hall–Kier alpha value is -2.37. The van der Waals surface area contributed by atoms with Gasteiger partial charge in [-0.05, 0) is 36.8 Å². The summed E-state index contributed by atoms with van der Waals surface area (Å²) in [5, 5.41) is 6.83. The van der Waals surface area contributed by atoms with Crippen molar-refractivity contribution < 1.29 is 13.7 Å². The van der Waals surface area contributed by atoms with Gasteiger partial charge < -0.3 is 14.7 Å². The van der Waals surface area contributed by atoms with Crippen molar-refractivity contribution in [2.45, 2.75) is 26.7 Å². The summed E-state index contributed by atoms with van der Waals surface area (Å²) >= 11 is 0. The zero-order valence-electron chi connectivity index (χ0n) is 14.7. The highest BCUT2D eigenvalue weighted by atomic mass is 19.1. The minimum absolute atomic E-state index is 0.202. The number of anilines is 1. The molecule has 1 aromatic carbocycles. The Balaban J connectivity index is 1.50. The van der Waals surface area contributed by atoms with Crippen LogP contribution in [0.2, 0.25) is 0 Å². The summed E-state index contributed by atoms with van der Waals surface area (Å²) in [6.45, 7) is 6.26. The molecule has 2 heterocycles. The molecule has 1 N–H and O–H groups in total. The zero-order valence-corrected chi connectivity index (χ0v) is 14.7. The van der Waals surface area contributed by atoms with Crippen LogP contribution < -0.4 is 10.2 Å². The molecule has 1 saturated heterocycles. The molecule has 0 saturated carbocycles. The number of hydrogen-bond acceptors (Lipinski definition) is 4. The maximum atomic E-state index is 13.9. The van der Waals surface area contributed by atoms with E-state index in [0.29, 0.717) is 24.1 Å². The van der Waals surface area contributed by atoms with E-state index in [0.717, 1.165) is 31.6 Å². The van der Waals surface area contributed by atoms with E-state index in [2.05, 4.69) is 24.3 Å². The zero-order chi connectivity index (χ0) is 17.8. The van der Waals surface area contributed by atoms with Crippen LogP contribution >= 0.6 is 0 Å². The van der Waals surface area contributed by atoms with E-state index in [9.17, 15) is 9.18 Å². The van der Waals surface area contributed by atoms with Crippen molar-refractivity contribution in [3.8, 4) is 0 Å². The van der Waals surface area contributed by atoms with Crippen LogP contribution in [0.3, 0.4) is 0 Å². The molecule has 6 heteroatoms. The number of carbonyl (C=O) groups is 1. The van der Waals surface area contributed by atoms with Gasteiger partial charge in [0, 0.05) is 25.7 Å². The Morgan fingerprint density at radius 2 is 2.24 bits per heavy atom. The fraction of sp³-hybridized carbons (Fsp3) is 0.474. The van der Waals surface area contributed by atoms with Crippen LogP contribution in [0.15, 0.2) is 34.9 Å². The molecule has 1 amide bonds. The van der Waals surface area contributed by atoms with Gasteiger partial charge in [-0.25, -0.2) is 4.39 Å². The summed E-state index contributed by atoms with van der Waals surface area (Å²) in [5.74, 6) is 0.559. The molecule has 1 fully saturated rings. The third-order valence-corrected chi connectivity index (χ3v) is 4.43. The third-order valence-electron chi connectivity index (χ3n) is 4.43. The number of para-hydroxylation sites is 1. The minimum atomic E-state index is -0.244. The van der Waals surface area contributed by atoms with Crippen LogP contribution in [0.25, 0.3) is 0 Å². The maximum Gasteiger partial charge on any atom is 0.289 e. The van der Waals surface area contributed by atoms with Gasteiger partial charge in [-0.1, -0.05) is 31.1 Å². The molecule has 0 spiro atoms. The second-order valence-electron chi connectivity index (χ2n) is 7.04. The summed E-state index contributed by atoms with van der Waals surface area (Å²) in [4.78, 5) is 14.2. The molecule has 1 aliphatic rings. The molecule has 2 aromatic rings. The van der Waals surface area contributed by atoms with Crippen molar-refractivity contribution in [2.75, 3.05) is 24.5 Å². The number of aromatic nitrogens is 1. The average Bonchev–Trinajstić information content (AvgIpc) is 3.22. The molecule has 1 atom stereocenters. The van der Waals surface area contributed by atoms with Gasteiger partial charge >= 0.3 is 0 Å². The highest BCUT2D eigenvalue weighted by Gasteiger charge is 2.25. The van der Waals surface area contributed by atoms with Crippen molar-refractivity contribution in [3.05, 3.63) is 47.6 Å². The van der Waals surface area contributed by atoms with Gasteiger partial charge in [0.25, 0.3) is 5.91 Å². The van der Waals surface area contributed by atoms with Crippen molar-refractivity contribution in [1.29, 1.82) is 0 Å². The molecule has 3 rings (SSSR count). The standard InChI is InChI=1S/C19H24FN3O2/c1-13(2)9-15-10-18(25-22-15)19(24)21-11-14-7-8-23(12-14)17-6-4-3-5-16(17)20/h3-6,10,13-14H,7-9,11-12H2,1-2H3,(H,21,24). The van der Waals surface area contributed by atoms with E-state index in [1.807, 2.05) is 11.0 Å². The maximum absolute atomic E-state index is 13.9. The summed E-state index contributed by atoms with van der Waals surface area (Å²) in [5.41, 5.74) is 1.43. The van der Waals surface area contributed by atoms with Gasteiger partial charge in [0.15, 0.2) is 0 Å². The number of rotatable bonds is 6. The fourth-order valence-corrected chi connectivity index (χ4v) is 3.18. The summed E-state index contributed by atoms with van der Waals surface area (Å²) in [6.07, 6.45) is 1.71. The molecule has 1 aliphatic heterocycles. The SMILES string of the molecule is CC(C)Cc1cc(C(=O)NCC2CCN(c3ccccc3F)C2)on1. The van der Waals surface area contributed by atoms with Gasteiger partial charge in [0.05, 0.1) is 11.4 Å². The average molecular weight is 345 g/mol. The predicted octanol–water partition coefficient (Wildman–Crippen LogP) is 3.27. The highest BCUT2D eigenvalue weighted by molar-refractivity contribution is 5.91. The fourth-order valence-electron chi connectivity index (χ4n) is 3.18. The van der Waals surface area contributed by atoms with Crippen LogP contribution in [-0.2, 0) is 6.42 Å². The van der Waals surface area contributed by atoms with Crippen molar-refractivity contribution in [1.82, 2.24) is 10.5 Å². The molecular weight excluding hydrogens is 321 g/mol. The van der Waals surface area contributed by atoms with Gasteiger partial charge in [-0.2, -0.15) is 0 Å². The largest absolute Gasteiger partial charge is 0.369 e. The molecule has 0 bridgehead atoms. The van der Waals surface area contributed by atoms with Crippen molar-refractivity contribution in [2.24, 2.45) is 11.8 Å². The van der Waals surface area contributed by atoms with E-state index in [-0.39, 0.29) is 17.5 Å². The Kier molecular flexibility index (Phi) is 5.36. The van der Waals surface area contributed by atoms with Gasteiger partial charge in [-0.15, -0.1) is 0 Å². The monoisotopic (exact) mass is 345 g/mol. The first-order valence-electron chi connectivity index (χ1n) is 8.76. The minimum Gasteiger partial charge on any atom is -0.369 e.